The summed E-state index contributed by atoms with van der Waals surface area (Å²) < 4.78 is 11.2. The van der Waals surface area contributed by atoms with Crippen molar-refractivity contribution in [2.75, 3.05) is 13.2 Å². The number of furan rings is 1. The molecule has 5 nitrogen and oxygen atoms in total. The van der Waals surface area contributed by atoms with Crippen molar-refractivity contribution in [1.82, 2.24) is 0 Å². The Morgan fingerprint density at radius 1 is 0.885 bits per heavy atom. The van der Waals surface area contributed by atoms with Gasteiger partial charge in [-0.25, -0.2) is 0 Å². The normalized spacial score (nSPS) is 11.5. The topological polar surface area (TPSA) is 88.9 Å². The van der Waals surface area contributed by atoms with E-state index in [0.717, 1.165) is 28.4 Å². The Labute approximate surface area is 152 Å². The molecule has 4 N–H and O–H groups in total. The molecule has 0 amide bonds. The average Bonchev–Trinajstić information content (AvgIpc) is 3.23. The molecule has 0 saturated heterocycles. The third kappa shape index (κ3) is 4.52. The monoisotopic (exact) mass is 353 g/mol. The molecule has 0 fully saturated rings. The van der Waals surface area contributed by atoms with Crippen molar-refractivity contribution in [1.29, 1.82) is 0 Å². The van der Waals surface area contributed by atoms with Gasteiger partial charge >= 0.3 is 0 Å². The maximum Gasteiger partial charge on any atom is 0.133 e. The van der Waals surface area contributed by atoms with Gasteiger partial charge in [-0.15, -0.1) is 0 Å². The molecule has 136 valence electrons. The molecule has 0 aliphatic rings. The van der Waals surface area contributed by atoms with E-state index in [1.807, 2.05) is 60.7 Å². The van der Waals surface area contributed by atoms with Crippen LogP contribution in [0, 0.1) is 0 Å². The Balaban J connectivity index is 1.59. The molecule has 1 aromatic heterocycles. The summed E-state index contributed by atoms with van der Waals surface area (Å²) in [7, 11) is 0. The number of hydrogen-bond donors (Lipinski definition) is 3. The second kappa shape index (κ2) is 8.19. The largest absolute Gasteiger partial charge is 0.464 e. The number of nitrogens with two attached hydrogens (primary N) is 1. The smallest absolute Gasteiger partial charge is 0.133 e. The molecule has 0 aliphatic carbocycles. The van der Waals surface area contributed by atoms with E-state index in [2.05, 4.69) is 0 Å². The fourth-order valence-corrected chi connectivity index (χ4v) is 2.59. The molecule has 3 aromatic rings. The summed E-state index contributed by atoms with van der Waals surface area (Å²) in [5.41, 5.74) is 7.02. The van der Waals surface area contributed by atoms with Crippen molar-refractivity contribution in [2.24, 2.45) is 5.73 Å². The van der Waals surface area contributed by atoms with Crippen LogP contribution in [0.3, 0.4) is 0 Å². The van der Waals surface area contributed by atoms with Crippen molar-refractivity contribution >= 4 is 0 Å². The van der Waals surface area contributed by atoms with Gasteiger partial charge in [0.15, 0.2) is 0 Å². The predicted octanol–water partition coefficient (Wildman–Crippen LogP) is 3.35. The Morgan fingerprint density at radius 2 is 1.50 bits per heavy atom. The van der Waals surface area contributed by atoms with Gasteiger partial charge in [0.2, 0.25) is 0 Å². The van der Waals surface area contributed by atoms with Crippen LogP contribution in [0.1, 0.15) is 12.0 Å². The van der Waals surface area contributed by atoms with Crippen LogP contribution in [-0.4, -0.2) is 29.0 Å². The van der Waals surface area contributed by atoms with Crippen LogP contribution >= 0.6 is 0 Å². The summed E-state index contributed by atoms with van der Waals surface area (Å²) in [6, 6.07) is 19.2. The number of rotatable bonds is 8. The van der Waals surface area contributed by atoms with Crippen LogP contribution in [-0.2, 0) is 6.42 Å². The molecule has 3 rings (SSSR count). The summed E-state index contributed by atoms with van der Waals surface area (Å²) in [5.74, 6) is 2.31. The summed E-state index contributed by atoms with van der Waals surface area (Å²) in [6.45, 7) is -0.475. The number of aryl methyl sites for hydroxylation is 1. The van der Waals surface area contributed by atoms with Gasteiger partial charge in [0.25, 0.3) is 0 Å². The minimum atomic E-state index is -0.940. The Kier molecular flexibility index (Phi) is 5.73. The number of aliphatic hydroxyl groups is 2. The van der Waals surface area contributed by atoms with E-state index in [9.17, 15) is 10.2 Å². The maximum absolute atomic E-state index is 9.24. The molecule has 2 aromatic carbocycles. The van der Waals surface area contributed by atoms with Crippen LogP contribution < -0.4 is 10.5 Å². The standard InChI is InChI=1S/C21H23NO4/c22-21(14-23,15-24)12-11-16-3-7-18(8-4-16)26-19-9-5-17(6-10-19)20-2-1-13-25-20/h1-10,13,23-24H,11-12,14-15,22H2. The molecular formula is C21H23NO4. The lowest BCUT2D eigenvalue weighted by atomic mass is 9.94. The Hall–Kier alpha value is -2.60. The highest BCUT2D eigenvalue weighted by atomic mass is 16.5. The van der Waals surface area contributed by atoms with Crippen LogP contribution in [0.15, 0.2) is 71.3 Å². The second-order valence-electron chi connectivity index (χ2n) is 6.43. The van der Waals surface area contributed by atoms with Gasteiger partial charge < -0.3 is 25.1 Å². The molecule has 0 saturated carbocycles. The first-order valence-corrected chi connectivity index (χ1v) is 8.53. The molecule has 0 aliphatic heterocycles. The van der Waals surface area contributed by atoms with Gasteiger partial charge in [-0.2, -0.15) is 0 Å². The van der Waals surface area contributed by atoms with Crippen molar-refractivity contribution in [2.45, 2.75) is 18.4 Å². The van der Waals surface area contributed by atoms with E-state index in [-0.39, 0.29) is 13.2 Å². The molecule has 0 spiro atoms. The SMILES string of the molecule is NC(CO)(CO)CCc1ccc(Oc2ccc(-c3ccco3)cc2)cc1. The molecule has 0 bridgehead atoms. The van der Waals surface area contributed by atoms with Gasteiger partial charge in [-0.3, -0.25) is 0 Å². The summed E-state index contributed by atoms with van der Waals surface area (Å²) in [5, 5.41) is 18.5. The first kappa shape index (κ1) is 18.2. The van der Waals surface area contributed by atoms with E-state index >= 15 is 0 Å². The van der Waals surface area contributed by atoms with E-state index in [4.69, 9.17) is 14.9 Å². The number of aliphatic hydroxyl groups excluding tert-OH is 2. The zero-order valence-electron chi connectivity index (χ0n) is 14.5. The molecule has 1 heterocycles. The Morgan fingerprint density at radius 3 is 2.04 bits per heavy atom. The van der Waals surface area contributed by atoms with E-state index in [0.29, 0.717) is 12.8 Å². The lowest BCUT2D eigenvalue weighted by molar-refractivity contribution is 0.115. The number of benzene rings is 2. The molecule has 0 atom stereocenters. The van der Waals surface area contributed by atoms with Crippen LogP contribution in [0.5, 0.6) is 11.5 Å². The quantitative estimate of drug-likeness (QED) is 0.578. The fourth-order valence-electron chi connectivity index (χ4n) is 2.59. The van der Waals surface area contributed by atoms with Crippen LogP contribution in [0.2, 0.25) is 0 Å². The van der Waals surface area contributed by atoms with Gasteiger partial charge in [0, 0.05) is 5.56 Å². The molecule has 26 heavy (non-hydrogen) atoms. The second-order valence-corrected chi connectivity index (χ2v) is 6.43. The van der Waals surface area contributed by atoms with Gasteiger partial charge in [0.05, 0.1) is 25.0 Å². The highest BCUT2D eigenvalue weighted by molar-refractivity contribution is 5.58. The highest BCUT2D eigenvalue weighted by Crippen LogP contribution is 2.26. The van der Waals surface area contributed by atoms with Gasteiger partial charge in [0.1, 0.15) is 17.3 Å². The lowest BCUT2D eigenvalue weighted by Crippen LogP contribution is -2.47. The highest BCUT2D eigenvalue weighted by Gasteiger charge is 2.22. The minimum Gasteiger partial charge on any atom is -0.464 e. The minimum absolute atomic E-state index is 0.237. The first-order chi connectivity index (χ1) is 12.6. The molecule has 5 heteroatoms. The predicted molar refractivity (Wildman–Crippen MR) is 100 cm³/mol. The number of ether oxygens (including phenoxy) is 1. The molecule has 0 radical (unpaired) electrons. The zero-order valence-corrected chi connectivity index (χ0v) is 14.5. The van der Waals surface area contributed by atoms with Gasteiger partial charge in [-0.1, -0.05) is 12.1 Å². The molecule has 0 unspecified atom stereocenters. The van der Waals surface area contributed by atoms with Crippen molar-refractivity contribution in [3.8, 4) is 22.8 Å². The van der Waals surface area contributed by atoms with Gasteiger partial charge in [-0.05, 0) is 66.9 Å². The average molecular weight is 353 g/mol. The van der Waals surface area contributed by atoms with E-state index < -0.39 is 5.54 Å². The van der Waals surface area contributed by atoms with Crippen LogP contribution in [0.4, 0.5) is 0 Å². The van der Waals surface area contributed by atoms with Crippen molar-refractivity contribution < 1.29 is 19.4 Å². The fraction of sp³-hybridized carbons (Fsp3) is 0.238. The lowest BCUT2D eigenvalue weighted by Gasteiger charge is -2.24. The van der Waals surface area contributed by atoms with Crippen molar-refractivity contribution in [3.63, 3.8) is 0 Å². The summed E-state index contributed by atoms with van der Waals surface area (Å²) in [4.78, 5) is 0. The zero-order chi connectivity index (χ0) is 18.4. The third-order valence-electron chi connectivity index (χ3n) is 4.36. The third-order valence-corrected chi connectivity index (χ3v) is 4.36. The number of hydrogen-bond acceptors (Lipinski definition) is 5. The van der Waals surface area contributed by atoms with Crippen LogP contribution in [0.25, 0.3) is 11.3 Å². The summed E-state index contributed by atoms with van der Waals surface area (Å²) in [6.07, 6.45) is 2.83. The maximum atomic E-state index is 9.24. The van der Waals surface area contributed by atoms with Crippen molar-refractivity contribution in [3.05, 3.63) is 72.5 Å². The molecular weight excluding hydrogens is 330 g/mol. The van der Waals surface area contributed by atoms with E-state index in [1.165, 1.54) is 0 Å². The van der Waals surface area contributed by atoms with E-state index in [1.54, 1.807) is 6.26 Å². The Bertz CT molecular complexity index is 791. The summed E-state index contributed by atoms with van der Waals surface area (Å²) >= 11 is 0. The first-order valence-electron chi connectivity index (χ1n) is 8.53.